The number of carbonyl (C=O) groups is 1. The third-order valence-corrected chi connectivity index (χ3v) is 3.56. The van der Waals surface area contributed by atoms with Gasteiger partial charge in [0.2, 0.25) is 5.89 Å². The van der Waals surface area contributed by atoms with Crippen molar-refractivity contribution in [2.75, 3.05) is 5.32 Å². The van der Waals surface area contributed by atoms with Crippen LogP contribution in [0.2, 0.25) is 10.0 Å². The molecule has 1 N–H and O–H groups in total. The minimum Gasteiger partial charge on any atom is -0.444 e. The fourth-order valence-electron chi connectivity index (χ4n) is 1.77. The molecule has 0 radical (unpaired) electrons. The minimum atomic E-state index is -0.386. The fourth-order valence-corrected chi connectivity index (χ4v) is 2.07. The summed E-state index contributed by atoms with van der Waals surface area (Å²) in [6.45, 7) is 0. The molecule has 2 aromatic heterocycles. The van der Waals surface area contributed by atoms with Crippen molar-refractivity contribution in [1.82, 2.24) is 9.97 Å². The van der Waals surface area contributed by atoms with Gasteiger partial charge in [-0.15, -0.1) is 0 Å². The van der Waals surface area contributed by atoms with E-state index < -0.39 is 0 Å². The monoisotopic (exact) mass is 333 g/mol. The molecule has 0 saturated carbocycles. The quantitative estimate of drug-likeness (QED) is 0.776. The summed E-state index contributed by atoms with van der Waals surface area (Å²) >= 11 is 11.8. The van der Waals surface area contributed by atoms with E-state index in [1.54, 1.807) is 36.5 Å². The Labute approximate surface area is 135 Å². The molecular formula is C15H9Cl2N3O2. The highest BCUT2D eigenvalue weighted by molar-refractivity contribution is 6.42. The zero-order chi connectivity index (χ0) is 15.5. The van der Waals surface area contributed by atoms with E-state index in [9.17, 15) is 4.79 Å². The second-order valence-electron chi connectivity index (χ2n) is 4.36. The van der Waals surface area contributed by atoms with E-state index in [0.29, 0.717) is 21.3 Å². The van der Waals surface area contributed by atoms with Gasteiger partial charge in [-0.1, -0.05) is 23.2 Å². The lowest BCUT2D eigenvalue weighted by molar-refractivity contribution is 0.102. The summed E-state index contributed by atoms with van der Waals surface area (Å²) in [7, 11) is 0. The second kappa shape index (κ2) is 6.17. The Balaban J connectivity index is 1.81. The smallest absolute Gasteiger partial charge is 0.277 e. The number of halogens is 2. The normalized spacial score (nSPS) is 10.5. The van der Waals surface area contributed by atoms with E-state index in [-0.39, 0.29) is 17.5 Å². The maximum absolute atomic E-state index is 12.1. The number of hydrogen-bond acceptors (Lipinski definition) is 4. The van der Waals surface area contributed by atoms with Gasteiger partial charge in [0, 0.05) is 11.8 Å². The zero-order valence-corrected chi connectivity index (χ0v) is 12.6. The largest absolute Gasteiger partial charge is 0.444 e. The molecule has 0 fully saturated rings. The predicted molar refractivity (Wildman–Crippen MR) is 84.1 cm³/mol. The second-order valence-corrected chi connectivity index (χ2v) is 5.18. The van der Waals surface area contributed by atoms with Gasteiger partial charge in [0.15, 0.2) is 5.69 Å². The number of carbonyl (C=O) groups excluding carboxylic acids is 1. The van der Waals surface area contributed by atoms with Crippen molar-refractivity contribution in [1.29, 1.82) is 0 Å². The minimum absolute atomic E-state index is 0.157. The van der Waals surface area contributed by atoms with Gasteiger partial charge in [0.05, 0.1) is 21.9 Å². The summed E-state index contributed by atoms with van der Waals surface area (Å²) in [6.07, 6.45) is 4.44. The topological polar surface area (TPSA) is 68.0 Å². The third kappa shape index (κ3) is 3.10. The fraction of sp³-hybridized carbons (Fsp3) is 0. The van der Waals surface area contributed by atoms with Gasteiger partial charge in [0.25, 0.3) is 5.91 Å². The Bertz CT molecular complexity index is 819. The summed E-state index contributed by atoms with van der Waals surface area (Å²) in [5, 5.41) is 3.50. The summed E-state index contributed by atoms with van der Waals surface area (Å²) in [4.78, 5) is 20.1. The van der Waals surface area contributed by atoms with Crippen molar-refractivity contribution in [3.63, 3.8) is 0 Å². The number of hydrogen-bond donors (Lipinski definition) is 1. The molecule has 3 rings (SSSR count). The average molecular weight is 334 g/mol. The van der Waals surface area contributed by atoms with Crippen LogP contribution >= 0.6 is 23.2 Å². The number of nitrogens with one attached hydrogen (secondary N) is 1. The van der Waals surface area contributed by atoms with Crippen LogP contribution in [0.25, 0.3) is 11.5 Å². The molecule has 0 bridgehead atoms. The predicted octanol–water partition coefficient (Wildman–Crippen LogP) is 4.30. The lowest BCUT2D eigenvalue weighted by Gasteiger charge is -2.00. The van der Waals surface area contributed by atoms with Gasteiger partial charge in [0.1, 0.15) is 6.26 Å². The molecule has 0 aliphatic rings. The van der Waals surface area contributed by atoms with Gasteiger partial charge < -0.3 is 9.73 Å². The highest BCUT2D eigenvalue weighted by Gasteiger charge is 2.14. The number of nitrogens with zero attached hydrogens (tertiary/aromatic N) is 2. The van der Waals surface area contributed by atoms with Gasteiger partial charge in [-0.05, 0) is 30.3 Å². The highest BCUT2D eigenvalue weighted by Crippen LogP contribution is 2.28. The third-order valence-electron chi connectivity index (χ3n) is 2.82. The van der Waals surface area contributed by atoms with E-state index in [2.05, 4.69) is 15.3 Å². The summed E-state index contributed by atoms with van der Waals surface area (Å²) in [6, 6.07) is 8.42. The van der Waals surface area contributed by atoms with Crippen molar-refractivity contribution >= 4 is 34.8 Å². The SMILES string of the molecule is O=C(Nc1cccnc1)c1coc(-c2ccc(Cl)c(Cl)c2)n1. The van der Waals surface area contributed by atoms with Crippen molar-refractivity contribution in [2.45, 2.75) is 0 Å². The van der Waals surface area contributed by atoms with Crippen molar-refractivity contribution in [3.05, 3.63) is 64.7 Å². The van der Waals surface area contributed by atoms with Crippen LogP contribution in [0.1, 0.15) is 10.5 Å². The van der Waals surface area contributed by atoms with Crippen LogP contribution in [0.3, 0.4) is 0 Å². The van der Waals surface area contributed by atoms with E-state index >= 15 is 0 Å². The Kier molecular flexibility index (Phi) is 4.09. The molecule has 0 aliphatic heterocycles. The average Bonchev–Trinajstić information content (AvgIpc) is 3.01. The molecule has 7 heteroatoms. The van der Waals surface area contributed by atoms with Gasteiger partial charge >= 0.3 is 0 Å². The molecule has 3 aromatic rings. The molecule has 5 nitrogen and oxygen atoms in total. The number of oxazole rings is 1. The molecule has 0 aliphatic carbocycles. The molecule has 0 atom stereocenters. The highest BCUT2D eigenvalue weighted by atomic mass is 35.5. The summed E-state index contributed by atoms with van der Waals surface area (Å²) < 4.78 is 5.32. The molecule has 0 spiro atoms. The first-order chi connectivity index (χ1) is 10.6. The Morgan fingerprint density at radius 3 is 2.77 bits per heavy atom. The number of pyridine rings is 1. The Hall–Kier alpha value is -2.37. The van der Waals surface area contributed by atoms with E-state index in [1.807, 2.05) is 0 Å². The van der Waals surface area contributed by atoms with Gasteiger partial charge in [-0.2, -0.15) is 0 Å². The molecule has 0 unspecified atom stereocenters. The maximum Gasteiger partial charge on any atom is 0.277 e. The summed E-state index contributed by atoms with van der Waals surface area (Å²) in [5.41, 5.74) is 1.37. The zero-order valence-electron chi connectivity index (χ0n) is 11.1. The number of rotatable bonds is 3. The molecule has 110 valence electrons. The molecule has 1 aromatic carbocycles. The number of amides is 1. The molecular weight excluding hydrogens is 325 g/mol. The van der Waals surface area contributed by atoms with E-state index in [0.717, 1.165) is 0 Å². The number of anilines is 1. The molecule has 0 saturated heterocycles. The maximum atomic E-state index is 12.1. The van der Waals surface area contributed by atoms with Crippen LogP contribution in [0, 0.1) is 0 Å². The molecule has 1 amide bonds. The van der Waals surface area contributed by atoms with Crippen LogP contribution in [0.4, 0.5) is 5.69 Å². The van der Waals surface area contributed by atoms with Crippen molar-refractivity contribution in [2.24, 2.45) is 0 Å². The van der Waals surface area contributed by atoms with Crippen LogP contribution in [0.15, 0.2) is 53.4 Å². The van der Waals surface area contributed by atoms with Gasteiger partial charge in [-0.25, -0.2) is 4.98 Å². The van der Waals surface area contributed by atoms with Crippen LogP contribution < -0.4 is 5.32 Å². The van der Waals surface area contributed by atoms with Crippen LogP contribution in [-0.4, -0.2) is 15.9 Å². The number of aromatic nitrogens is 2. The lowest BCUT2D eigenvalue weighted by Crippen LogP contribution is -2.12. The van der Waals surface area contributed by atoms with Crippen LogP contribution in [-0.2, 0) is 0 Å². The first-order valence-corrected chi connectivity index (χ1v) is 7.01. The first kappa shape index (κ1) is 14.6. The molecule has 22 heavy (non-hydrogen) atoms. The number of benzene rings is 1. The van der Waals surface area contributed by atoms with Gasteiger partial charge in [-0.3, -0.25) is 9.78 Å². The summed E-state index contributed by atoms with van der Waals surface area (Å²) in [5.74, 6) is -0.0991. The molecule has 2 heterocycles. The standard InChI is InChI=1S/C15H9Cl2N3O2/c16-11-4-3-9(6-12(11)17)15-20-13(8-22-15)14(21)19-10-2-1-5-18-7-10/h1-8H,(H,19,21). The van der Waals surface area contributed by atoms with E-state index in [4.69, 9.17) is 27.6 Å². The van der Waals surface area contributed by atoms with E-state index in [1.165, 1.54) is 12.5 Å². The lowest BCUT2D eigenvalue weighted by atomic mass is 10.2. The van der Waals surface area contributed by atoms with Crippen LogP contribution in [0.5, 0.6) is 0 Å². The van der Waals surface area contributed by atoms with Crippen molar-refractivity contribution < 1.29 is 9.21 Å². The Morgan fingerprint density at radius 2 is 2.05 bits per heavy atom. The first-order valence-electron chi connectivity index (χ1n) is 6.26. The van der Waals surface area contributed by atoms with Crippen molar-refractivity contribution in [3.8, 4) is 11.5 Å². The Morgan fingerprint density at radius 1 is 1.18 bits per heavy atom.